The molecule has 5 nitrogen and oxygen atoms in total. The van der Waals surface area contributed by atoms with Gasteiger partial charge < -0.3 is 9.84 Å². The van der Waals surface area contributed by atoms with Crippen LogP contribution in [0.1, 0.15) is 48.0 Å². The second-order valence-electron chi connectivity index (χ2n) is 6.56. The number of rotatable bonds is 4. The fourth-order valence-corrected chi connectivity index (χ4v) is 4.16. The third-order valence-corrected chi connectivity index (χ3v) is 5.23. The summed E-state index contributed by atoms with van der Waals surface area (Å²) in [5.74, 6) is -0.544. The summed E-state index contributed by atoms with van der Waals surface area (Å²) in [7, 11) is 1.44. The number of hydrogen-bond acceptors (Lipinski definition) is 4. The van der Waals surface area contributed by atoms with E-state index < -0.39 is 5.97 Å². The highest BCUT2D eigenvalue weighted by Gasteiger charge is 2.45. The molecular formula is C18H23NO4. The molecule has 1 aliphatic heterocycles. The van der Waals surface area contributed by atoms with Crippen LogP contribution in [0.2, 0.25) is 0 Å². The maximum Gasteiger partial charge on any atom is 0.335 e. The monoisotopic (exact) mass is 317 g/mol. The van der Waals surface area contributed by atoms with Crippen molar-refractivity contribution in [2.24, 2.45) is 5.92 Å². The zero-order valence-corrected chi connectivity index (χ0v) is 13.4. The van der Waals surface area contributed by atoms with E-state index in [9.17, 15) is 9.59 Å². The Labute approximate surface area is 136 Å². The first-order valence-electron chi connectivity index (χ1n) is 8.26. The lowest BCUT2D eigenvalue weighted by atomic mass is 9.84. The molecule has 0 aromatic heterocycles. The molecule has 1 N–H and O–H groups in total. The number of carboxylic acid groups (broad SMARTS) is 1. The zero-order chi connectivity index (χ0) is 16.4. The molecule has 124 valence electrons. The van der Waals surface area contributed by atoms with Crippen LogP contribution in [-0.4, -0.2) is 41.1 Å². The van der Waals surface area contributed by atoms with Crippen LogP contribution in [-0.2, 0) is 16.1 Å². The highest BCUT2D eigenvalue weighted by molar-refractivity contribution is 5.87. The first-order chi connectivity index (χ1) is 11.1. The number of benzene rings is 1. The van der Waals surface area contributed by atoms with Crippen molar-refractivity contribution in [3.63, 3.8) is 0 Å². The smallest absolute Gasteiger partial charge is 0.335 e. The average Bonchev–Trinajstić information content (AvgIpc) is 2.93. The summed E-state index contributed by atoms with van der Waals surface area (Å²) < 4.78 is 5.00. The number of esters is 1. The molecule has 0 amide bonds. The molecule has 1 aromatic rings. The number of nitrogens with zero attached hydrogens (tertiary/aromatic N) is 1. The molecule has 1 saturated heterocycles. The van der Waals surface area contributed by atoms with Gasteiger partial charge in [0, 0.05) is 12.6 Å². The maximum absolute atomic E-state index is 12.2. The number of carbonyl (C=O) groups is 2. The van der Waals surface area contributed by atoms with E-state index in [2.05, 4.69) is 4.90 Å². The second-order valence-corrected chi connectivity index (χ2v) is 6.56. The van der Waals surface area contributed by atoms with Gasteiger partial charge in [-0.3, -0.25) is 9.69 Å². The lowest BCUT2D eigenvalue weighted by Gasteiger charge is -2.33. The van der Waals surface area contributed by atoms with E-state index in [1.165, 1.54) is 26.4 Å². The maximum atomic E-state index is 12.2. The summed E-state index contributed by atoms with van der Waals surface area (Å²) >= 11 is 0. The number of hydrogen-bond donors (Lipinski definition) is 1. The topological polar surface area (TPSA) is 66.8 Å². The Hall–Kier alpha value is -1.88. The van der Waals surface area contributed by atoms with E-state index in [4.69, 9.17) is 9.84 Å². The summed E-state index contributed by atoms with van der Waals surface area (Å²) in [5, 5.41) is 9.15. The summed E-state index contributed by atoms with van der Waals surface area (Å²) in [5.41, 5.74) is 1.22. The highest BCUT2D eigenvalue weighted by atomic mass is 16.5. The zero-order valence-electron chi connectivity index (χ0n) is 13.4. The van der Waals surface area contributed by atoms with Gasteiger partial charge in [0.05, 0.1) is 12.7 Å². The van der Waals surface area contributed by atoms with Crippen LogP contribution in [0.4, 0.5) is 0 Å². The summed E-state index contributed by atoms with van der Waals surface area (Å²) in [4.78, 5) is 25.6. The number of fused-ring (bicyclic) bond motifs is 1. The molecule has 1 saturated carbocycles. The van der Waals surface area contributed by atoms with Gasteiger partial charge in [0.15, 0.2) is 0 Å². The predicted molar refractivity (Wildman–Crippen MR) is 85.1 cm³/mol. The summed E-state index contributed by atoms with van der Waals surface area (Å²) in [6.45, 7) is 0.599. The average molecular weight is 317 g/mol. The highest BCUT2D eigenvalue weighted by Crippen LogP contribution is 2.40. The third kappa shape index (κ3) is 3.24. The number of methoxy groups -OCH3 is 1. The molecule has 2 aliphatic rings. The number of aromatic carboxylic acids is 1. The Morgan fingerprint density at radius 2 is 2.09 bits per heavy atom. The minimum Gasteiger partial charge on any atom is -0.478 e. The molecule has 1 aromatic carbocycles. The van der Waals surface area contributed by atoms with Crippen LogP contribution in [0, 0.1) is 5.92 Å². The van der Waals surface area contributed by atoms with E-state index in [1.807, 2.05) is 6.07 Å². The molecule has 3 atom stereocenters. The Morgan fingerprint density at radius 1 is 1.30 bits per heavy atom. The molecule has 1 aliphatic carbocycles. The Kier molecular flexibility index (Phi) is 4.66. The van der Waals surface area contributed by atoms with Crippen molar-refractivity contribution < 1.29 is 19.4 Å². The number of likely N-dealkylation sites (tertiary alicyclic amines) is 1. The van der Waals surface area contributed by atoms with Gasteiger partial charge in [-0.25, -0.2) is 4.79 Å². The van der Waals surface area contributed by atoms with Crippen LogP contribution >= 0.6 is 0 Å². The first kappa shape index (κ1) is 16.0. The lowest BCUT2D eigenvalue weighted by molar-refractivity contribution is -0.146. The van der Waals surface area contributed by atoms with Gasteiger partial charge in [0.25, 0.3) is 0 Å². The molecule has 0 radical (unpaired) electrons. The van der Waals surface area contributed by atoms with Crippen molar-refractivity contribution in [1.82, 2.24) is 4.90 Å². The predicted octanol–water partition coefficient (Wildman–Crippen LogP) is 2.69. The molecule has 2 fully saturated rings. The number of ether oxygens (including phenoxy) is 1. The van der Waals surface area contributed by atoms with Crippen molar-refractivity contribution in [3.8, 4) is 0 Å². The minimum absolute atomic E-state index is 0.172. The van der Waals surface area contributed by atoms with Crippen LogP contribution in [0.15, 0.2) is 24.3 Å². The molecule has 1 heterocycles. The second kappa shape index (κ2) is 6.71. The molecular weight excluding hydrogens is 294 g/mol. The van der Waals surface area contributed by atoms with Gasteiger partial charge >= 0.3 is 11.9 Å². The van der Waals surface area contributed by atoms with E-state index in [-0.39, 0.29) is 17.6 Å². The molecule has 3 unspecified atom stereocenters. The molecule has 0 spiro atoms. The quantitative estimate of drug-likeness (QED) is 0.865. The summed E-state index contributed by atoms with van der Waals surface area (Å²) in [6, 6.07) is 7.18. The van der Waals surface area contributed by atoms with Crippen molar-refractivity contribution in [2.75, 3.05) is 7.11 Å². The van der Waals surface area contributed by atoms with Crippen LogP contribution < -0.4 is 0 Å². The minimum atomic E-state index is -0.923. The van der Waals surface area contributed by atoms with Gasteiger partial charge in [-0.2, -0.15) is 0 Å². The standard InChI is InChI=1S/C18H23NO4/c1-23-18(22)16-10-13-6-2-3-8-15(13)19(16)11-12-5-4-7-14(9-12)17(20)21/h4-5,7,9,13,15-16H,2-3,6,8,10-11H2,1H3,(H,20,21). The van der Waals surface area contributed by atoms with E-state index in [0.717, 1.165) is 18.4 Å². The van der Waals surface area contributed by atoms with Gasteiger partial charge in [-0.05, 0) is 42.9 Å². The third-order valence-electron chi connectivity index (χ3n) is 5.23. The SMILES string of the molecule is COC(=O)C1CC2CCCCC2N1Cc1cccc(C(=O)O)c1. The molecule has 0 bridgehead atoms. The van der Waals surface area contributed by atoms with Gasteiger partial charge in [-0.1, -0.05) is 25.0 Å². The Morgan fingerprint density at radius 3 is 2.83 bits per heavy atom. The normalized spacial score (nSPS) is 27.4. The Balaban J connectivity index is 1.83. The van der Waals surface area contributed by atoms with Gasteiger partial charge in [0.1, 0.15) is 6.04 Å². The van der Waals surface area contributed by atoms with Crippen molar-refractivity contribution in [3.05, 3.63) is 35.4 Å². The van der Waals surface area contributed by atoms with Crippen molar-refractivity contribution >= 4 is 11.9 Å². The first-order valence-corrected chi connectivity index (χ1v) is 8.26. The lowest BCUT2D eigenvalue weighted by Crippen LogP contribution is -2.42. The van der Waals surface area contributed by atoms with Crippen LogP contribution in [0.5, 0.6) is 0 Å². The largest absolute Gasteiger partial charge is 0.478 e. The van der Waals surface area contributed by atoms with Crippen LogP contribution in [0.3, 0.4) is 0 Å². The summed E-state index contributed by atoms with van der Waals surface area (Å²) in [6.07, 6.45) is 5.56. The fourth-order valence-electron chi connectivity index (χ4n) is 4.16. The fraction of sp³-hybridized carbons (Fsp3) is 0.556. The van der Waals surface area contributed by atoms with E-state index >= 15 is 0 Å². The van der Waals surface area contributed by atoms with Crippen LogP contribution in [0.25, 0.3) is 0 Å². The number of carbonyl (C=O) groups excluding carboxylic acids is 1. The molecule has 5 heteroatoms. The molecule has 3 rings (SSSR count). The Bertz CT molecular complexity index is 600. The van der Waals surface area contributed by atoms with Gasteiger partial charge in [0.2, 0.25) is 0 Å². The van der Waals surface area contributed by atoms with Gasteiger partial charge in [-0.15, -0.1) is 0 Å². The van der Waals surface area contributed by atoms with Crippen molar-refractivity contribution in [2.45, 2.75) is 50.7 Å². The van der Waals surface area contributed by atoms with E-state index in [0.29, 0.717) is 18.5 Å². The number of carboxylic acids is 1. The van der Waals surface area contributed by atoms with E-state index in [1.54, 1.807) is 18.2 Å². The van der Waals surface area contributed by atoms with Crippen molar-refractivity contribution in [1.29, 1.82) is 0 Å². The molecule has 23 heavy (non-hydrogen) atoms.